The van der Waals surface area contributed by atoms with Crippen molar-refractivity contribution < 1.29 is 18.0 Å². The lowest BCUT2D eigenvalue weighted by Crippen LogP contribution is -2.08. The predicted octanol–water partition coefficient (Wildman–Crippen LogP) is 5.56. The third-order valence-electron chi connectivity index (χ3n) is 4.00. The van der Waals surface area contributed by atoms with E-state index in [2.05, 4.69) is 13.8 Å². The average Bonchev–Trinajstić information content (AvgIpc) is 2.48. The molecule has 0 aliphatic rings. The molecule has 0 spiro atoms. The highest BCUT2D eigenvalue weighted by Gasteiger charge is 2.30. The summed E-state index contributed by atoms with van der Waals surface area (Å²) in [6, 6.07) is 10.2. The monoisotopic (exact) mass is 320 g/mol. The largest absolute Gasteiger partial charge is 0.416 e. The summed E-state index contributed by atoms with van der Waals surface area (Å²) in [6.45, 7) is 6.15. The smallest absolute Gasteiger partial charge is 0.294 e. The van der Waals surface area contributed by atoms with E-state index in [9.17, 15) is 18.0 Å². The number of Topliss-reactive ketones (excluding diaryl/α,β-unsaturated/α-hetero) is 1. The predicted molar refractivity (Wildman–Crippen MR) is 84.7 cm³/mol. The zero-order valence-corrected chi connectivity index (χ0v) is 13.4. The molecule has 0 saturated heterocycles. The molecule has 0 aromatic heterocycles. The summed E-state index contributed by atoms with van der Waals surface area (Å²) in [5.41, 5.74) is 2.73. The summed E-state index contributed by atoms with van der Waals surface area (Å²) < 4.78 is 37.7. The van der Waals surface area contributed by atoms with E-state index in [4.69, 9.17) is 0 Å². The van der Waals surface area contributed by atoms with Crippen LogP contribution in [0, 0.1) is 6.92 Å². The van der Waals surface area contributed by atoms with Crippen LogP contribution in [0.1, 0.15) is 52.4 Å². The maximum atomic E-state index is 12.6. The van der Waals surface area contributed by atoms with E-state index >= 15 is 0 Å². The van der Waals surface area contributed by atoms with Gasteiger partial charge in [-0.1, -0.05) is 44.2 Å². The summed E-state index contributed by atoms with van der Waals surface area (Å²) in [6.07, 6.45) is -4.19. The molecule has 2 aromatic rings. The van der Waals surface area contributed by atoms with E-state index in [0.717, 1.165) is 23.3 Å². The second kappa shape index (κ2) is 6.57. The van der Waals surface area contributed by atoms with Crippen molar-refractivity contribution in [2.24, 2.45) is 0 Å². The molecular weight excluding hydrogens is 301 g/mol. The van der Waals surface area contributed by atoms with Crippen molar-refractivity contribution in [3.05, 3.63) is 70.3 Å². The van der Waals surface area contributed by atoms with Gasteiger partial charge in [-0.25, -0.2) is 0 Å². The lowest BCUT2D eigenvalue weighted by atomic mass is 9.91. The van der Waals surface area contributed by atoms with E-state index in [1.165, 1.54) is 17.7 Å². The standard InChI is InChI=1S/C19H19F3O/c1-12(2)17-6-4-5-15(13(17)3)11-18(23)14-7-9-16(10-8-14)19(20,21)22/h4-10,12H,11H2,1-3H3. The Hall–Kier alpha value is -2.10. The van der Waals surface area contributed by atoms with Crippen LogP contribution >= 0.6 is 0 Å². The molecule has 0 unspecified atom stereocenters. The fraction of sp³-hybridized carbons (Fsp3) is 0.316. The van der Waals surface area contributed by atoms with Gasteiger partial charge in [0.15, 0.2) is 5.78 Å². The third-order valence-corrected chi connectivity index (χ3v) is 4.00. The number of rotatable bonds is 4. The van der Waals surface area contributed by atoms with Gasteiger partial charge in [-0.15, -0.1) is 0 Å². The van der Waals surface area contributed by atoms with Gasteiger partial charge < -0.3 is 0 Å². The molecule has 23 heavy (non-hydrogen) atoms. The minimum atomic E-state index is -4.39. The quantitative estimate of drug-likeness (QED) is 0.674. The molecule has 0 N–H and O–H groups in total. The summed E-state index contributed by atoms with van der Waals surface area (Å²) in [4.78, 5) is 12.3. The van der Waals surface area contributed by atoms with Crippen molar-refractivity contribution in [1.29, 1.82) is 0 Å². The Morgan fingerprint density at radius 2 is 1.65 bits per heavy atom. The molecule has 0 aliphatic carbocycles. The molecule has 0 atom stereocenters. The first-order valence-electron chi connectivity index (χ1n) is 7.49. The van der Waals surface area contributed by atoms with Crippen LogP contribution in [0.4, 0.5) is 13.2 Å². The molecule has 2 aromatic carbocycles. The molecule has 0 saturated carbocycles. The number of halogens is 3. The van der Waals surface area contributed by atoms with E-state index in [0.29, 0.717) is 11.5 Å². The Labute approximate surface area is 134 Å². The summed E-state index contributed by atoms with van der Waals surface area (Å²) >= 11 is 0. The Kier molecular flexibility index (Phi) is 4.93. The van der Waals surface area contributed by atoms with Gasteiger partial charge >= 0.3 is 6.18 Å². The molecule has 0 aliphatic heterocycles. The minimum absolute atomic E-state index is 0.178. The topological polar surface area (TPSA) is 17.1 Å². The number of hydrogen-bond donors (Lipinski definition) is 0. The van der Waals surface area contributed by atoms with Gasteiger partial charge in [0, 0.05) is 12.0 Å². The lowest BCUT2D eigenvalue weighted by Gasteiger charge is -2.14. The molecule has 0 fully saturated rings. The van der Waals surface area contributed by atoms with Gasteiger partial charge in [-0.3, -0.25) is 4.79 Å². The number of carbonyl (C=O) groups is 1. The highest BCUT2D eigenvalue weighted by atomic mass is 19.4. The molecule has 122 valence electrons. The van der Waals surface area contributed by atoms with Crippen LogP contribution in [0.2, 0.25) is 0 Å². The average molecular weight is 320 g/mol. The van der Waals surface area contributed by atoms with Crippen LogP contribution in [-0.4, -0.2) is 5.78 Å². The molecule has 0 amide bonds. The van der Waals surface area contributed by atoms with Gasteiger partial charge in [0.2, 0.25) is 0 Å². The van der Waals surface area contributed by atoms with E-state index in [-0.39, 0.29) is 12.2 Å². The molecular formula is C19H19F3O. The van der Waals surface area contributed by atoms with Crippen LogP contribution in [0.15, 0.2) is 42.5 Å². The van der Waals surface area contributed by atoms with E-state index < -0.39 is 11.7 Å². The number of carbonyl (C=O) groups excluding carboxylic acids is 1. The Balaban J connectivity index is 2.21. The zero-order valence-electron chi connectivity index (χ0n) is 13.4. The fourth-order valence-corrected chi connectivity index (χ4v) is 2.64. The van der Waals surface area contributed by atoms with Gasteiger partial charge in [0.1, 0.15) is 0 Å². The van der Waals surface area contributed by atoms with Gasteiger partial charge in [0.25, 0.3) is 0 Å². The van der Waals surface area contributed by atoms with Crippen molar-refractivity contribution in [2.75, 3.05) is 0 Å². The fourth-order valence-electron chi connectivity index (χ4n) is 2.64. The highest BCUT2D eigenvalue weighted by molar-refractivity contribution is 5.97. The van der Waals surface area contributed by atoms with Crippen molar-refractivity contribution in [2.45, 2.75) is 39.3 Å². The second-order valence-corrected chi connectivity index (χ2v) is 5.96. The molecule has 0 bridgehead atoms. The third kappa shape index (κ3) is 4.01. The maximum Gasteiger partial charge on any atom is 0.416 e. The second-order valence-electron chi connectivity index (χ2n) is 5.96. The summed E-state index contributed by atoms with van der Waals surface area (Å²) in [5, 5.41) is 0. The first kappa shape index (κ1) is 17.3. The normalized spacial score (nSPS) is 11.8. The molecule has 1 nitrogen and oxygen atoms in total. The number of alkyl halides is 3. The van der Waals surface area contributed by atoms with Gasteiger partial charge in [0.05, 0.1) is 5.56 Å². The molecule has 0 radical (unpaired) electrons. The van der Waals surface area contributed by atoms with Crippen molar-refractivity contribution in [3.63, 3.8) is 0 Å². The maximum absolute atomic E-state index is 12.6. The van der Waals surface area contributed by atoms with Gasteiger partial charge in [-0.05, 0) is 41.7 Å². The van der Waals surface area contributed by atoms with Crippen LogP contribution in [0.5, 0.6) is 0 Å². The summed E-state index contributed by atoms with van der Waals surface area (Å²) in [7, 11) is 0. The number of benzene rings is 2. The van der Waals surface area contributed by atoms with Gasteiger partial charge in [-0.2, -0.15) is 13.2 Å². The first-order chi connectivity index (χ1) is 10.7. The SMILES string of the molecule is Cc1c(CC(=O)c2ccc(C(F)(F)F)cc2)cccc1C(C)C. The minimum Gasteiger partial charge on any atom is -0.294 e. The van der Waals surface area contributed by atoms with Crippen LogP contribution in [0.25, 0.3) is 0 Å². The number of hydrogen-bond acceptors (Lipinski definition) is 1. The first-order valence-corrected chi connectivity index (χ1v) is 7.49. The van der Waals surface area contributed by atoms with E-state index in [1.807, 2.05) is 25.1 Å². The zero-order chi connectivity index (χ0) is 17.2. The van der Waals surface area contributed by atoms with Crippen molar-refractivity contribution in [3.8, 4) is 0 Å². The van der Waals surface area contributed by atoms with E-state index in [1.54, 1.807) is 0 Å². The Morgan fingerprint density at radius 1 is 1.04 bits per heavy atom. The number of ketones is 1. The van der Waals surface area contributed by atoms with Crippen LogP contribution in [0.3, 0.4) is 0 Å². The van der Waals surface area contributed by atoms with Crippen molar-refractivity contribution >= 4 is 5.78 Å². The molecule has 4 heteroatoms. The highest BCUT2D eigenvalue weighted by Crippen LogP contribution is 2.29. The summed E-state index contributed by atoms with van der Waals surface area (Å²) in [5.74, 6) is 0.179. The lowest BCUT2D eigenvalue weighted by molar-refractivity contribution is -0.137. The molecule has 2 rings (SSSR count). The Morgan fingerprint density at radius 3 is 2.17 bits per heavy atom. The van der Waals surface area contributed by atoms with Crippen LogP contribution < -0.4 is 0 Å². The molecule has 0 heterocycles. The Bertz CT molecular complexity index is 698. The van der Waals surface area contributed by atoms with Crippen molar-refractivity contribution in [1.82, 2.24) is 0 Å². The van der Waals surface area contributed by atoms with Crippen LogP contribution in [-0.2, 0) is 12.6 Å².